The lowest BCUT2D eigenvalue weighted by molar-refractivity contribution is -0.143. The van der Waals surface area contributed by atoms with Gasteiger partial charge in [-0.2, -0.15) is 0 Å². The van der Waals surface area contributed by atoms with Gasteiger partial charge in [0.15, 0.2) is 0 Å². The van der Waals surface area contributed by atoms with Crippen LogP contribution in [0.2, 0.25) is 0 Å². The maximum atomic E-state index is 12.6. The van der Waals surface area contributed by atoms with E-state index in [9.17, 15) is 14.7 Å². The lowest BCUT2D eigenvalue weighted by Crippen LogP contribution is -2.44. The number of urea groups is 1. The number of carbonyl (C=O) groups is 2. The fourth-order valence-corrected chi connectivity index (χ4v) is 3.38. The Balaban J connectivity index is 1.72. The maximum absolute atomic E-state index is 12.6. The van der Waals surface area contributed by atoms with Crippen molar-refractivity contribution in [1.82, 2.24) is 4.90 Å². The molecule has 6 nitrogen and oxygen atoms in total. The molecule has 1 aliphatic heterocycles. The van der Waals surface area contributed by atoms with E-state index in [2.05, 4.69) is 5.32 Å². The average Bonchev–Trinajstić information content (AvgIpc) is 2.69. The summed E-state index contributed by atoms with van der Waals surface area (Å²) in [5.41, 5.74) is 2.80. The first-order valence-corrected chi connectivity index (χ1v) is 9.06. The Labute approximate surface area is 158 Å². The minimum absolute atomic E-state index is 0.244. The molecular formula is C21H24N2O4. The van der Waals surface area contributed by atoms with Gasteiger partial charge in [0.2, 0.25) is 0 Å². The number of hydrogen-bond acceptors (Lipinski definition) is 3. The second-order valence-corrected chi connectivity index (χ2v) is 6.74. The van der Waals surface area contributed by atoms with Gasteiger partial charge in [0.05, 0.1) is 13.0 Å². The number of hydrogen-bond donors (Lipinski definition) is 2. The predicted molar refractivity (Wildman–Crippen MR) is 103 cm³/mol. The molecule has 0 bridgehead atoms. The van der Waals surface area contributed by atoms with Gasteiger partial charge in [-0.1, -0.05) is 30.3 Å². The van der Waals surface area contributed by atoms with Crippen molar-refractivity contribution in [3.8, 4) is 5.75 Å². The summed E-state index contributed by atoms with van der Waals surface area (Å²) in [5, 5.41) is 12.1. The fraction of sp³-hybridized carbons (Fsp3) is 0.333. The van der Waals surface area contributed by atoms with Gasteiger partial charge in [-0.3, -0.25) is 4.79 Å². The van der Waals surface area contributed by atoms with E-state index in [-0.39, 0.29) is 12.6 Å². The van der Waals surface area contributed by atoms with Gasteiger partial charge in [0.25, 0.3) is 0 Å². The van der Waals surface area contributed by atoms with E-state index in [0.717, 1.165) is 16.9 Å². The number of methoxy groups -OCH3 is 1. The lowest BCUT2D eigenvalue weighted by atomic mass is 9.99. The molecule has 1 saturated heterocycles. The summed E-state index contributed by atoms with van der Waals surface area (Å²) >= 11 is 0. The van der Waals surface area contributed by atoms with Gasteiger partial charge in [-0.05, 0) is 36.6 Å². The van der Waals surface area contributed by atoms with Crippen molar-refractivity contribution in [2.75, 3.05) is 25.5 Å². The summed E-state index contributed by atoms with van der Waals surface area (Å²) in [7, 11) is 1.63. The molecule has 1 atom stereocenters. The molecule has 2 aromatic carbocycles. The Hall–Kier alpha value is -3.02. The van der Waals surface area contributed by atoms with E-state index < -0.39 is 11.9 Å². The van der Waals surface area contributed by atoms with Crippen molar-refractivity contribution in [3.05, 3.63) is 59.7 Å². The molecule has 0 aromatic heterocycles. The van der Waals surface area contributed by atoms with Gasteiger partial charge in [0, 0.05) is 30.8 Å². The number of likely N-dealkylation sites (tertiary alicyclic amines) is 1. The number of rotatable bonds is 5. The number of carbonyl (C=O) groups excluding carboxylic acids is 1. The Kier molecular flexibility index (Phi) is 5.96. The highest BCUT2D eigenvalue weighted by Crippen LogP contribution is 2.26. The predicted octanol–water partition coefficient (Wildman–Crippen LogP) is 3.61. The quantitative estimate of drug-likeness (QED) is 0.845. The topological polar surface area (TPSA) is 78.9 Å². The van der Waals surface area contributed by atoms with E-state index in [4.69, 9.17) is 4.74 Å². The number of carboxylic acids is 1. The van der Waals surface area contributed by atoms with E-state index in [1.54, 1.807) is 18.1 Å². The molecule has 27 heavy (non-hydrogen) atoms. The van der Waals surface area contributed by atoms with Crippen LogP contribution < -0.4 is 10.1 Å². The minimum atomic E-state index is -0.845. The lowest BCUT2D eigenvalue weighted by Gasteiger charge is -2.30. The van der Waals surface area contributed by atoms with E-state index in [0.29, 0.717) is 31.5 Å². The van der Waals surface area contributed by atoms with Crippen LogP contribution in [0.5, 0.6) is 5.75 Å². The van der Waals surface area contributed by atoms with Crippen molar-refractivity contribution >= 4 is 17.7 Å². The van der Waals surface area contributed by atoms with Crippen LogP contribution in [-0.2, 0) is 11.2 Å². The third-order valence-corrected chi connectivity index (χ3v) is 4.83. The molecule has 0 radical (unpaired) electrons. The Morgan fingerprint density at radius 1 is 1.22 bits per heavy atom. The van der Waals surface area contributed by atoms with Gasteiger partial charge in [-0.25, -0.2) is 4.79 Å². The second-order valence-electron chi connectivity index (χ2n) is 6.74. The van der Waals surface area contributed by atoms with Crippen molar-refractivity contribution in [2.45, 2.75) is 19.3 Å². The highest BCUT2D eigenvalue weighted by atomic mass is 16.5. The summed E-state index contributed by atoms with van der Waals surface area (Å²) < 4.78 is 5.45. The number of aliphatic carboxylic acids is 1. The molecule has 0 aliphatic carbocycles. The van der Waals surface area contributed by atoms with Crippen LogP contribution in [0.3, 0.4) is 0 Å². The Morgan fingerprint density at radius 2 is 2.00 bits per heavy atom. The molecular weight excluding hydrogens is 344 g/mol. The second kappa shape index (κ2) is 8.58. The highest BCUT2D eigenvalue weighted by molar-refractivity contribution is 5.90. The zero-order valence-electron chi connectivity index (χ0n) is 15.4. The average molecular weight is 368 g/mol. The molecule has 142 valence electrons. The molecule has 2 N–H and O–H groups in total. The largest absolute Gasteiger partial charge is 0.496 e. The molecule has 0 saturated carbocycles. The Bertz CT molecular complexity index is 807. The summed E-state index contributed by atoms with van der Waals surface area (Å²) in [6.07, 6.45) is 2.01. The first-order chi connectivity index (χ1) is 13.1. The minimum Gasteiger partial charge on any atom is -0.496 e. The summed E-state index contributed by atoms with van der Waals surface area (Å²) in [6, 6.07) is 15.3. The van der Waals surface area contributed by atoms with Crippen LogP contribution in [0.1, 0.15) is 24.0 Å². The fourth-order valence-electron chi connectivity index (χ4n) is 3.38. The molecule has 2 amide bonds. The number of piperidine rings is 1. The summed E-state index contributed by atoms with van der Waals surface area (Å²) in [4.78, 5) is 25.3. The zero-order chi connectivity index (χ0) is 19.2. The van der Waals surface area contributed by atoms with Crippen LogP contribution in [-0.4, -0.2) is 42.2 Å². The number of benzene rings is 2. The number of amides is 2. The number of nitrogens with one attached hydrogen (secondary N) is 1. The molecule has 0 spiro atoms. The molecule has 3 rings (SSSR count). The molecule has 1 heterocycles. The van der Waals surface area contributed by atoms with Crippen LogP contribution >= 0.6 is 0 Å². The number of carboxylic acid groups (broad SMARTS) is 1. The molecule has 6 heteroatoms. The van der Waals surface area contributed by atoms with Crippen molar-refractivity contribution in [3.63, 3.8) is 0 Å². The number of anilines is 1. The first-order valence-electron chi connectivity index (χ1n) is 9.06. The van der Waals surface area contributed by atoms with Gasteiger partial charge in [-0.15, -0.1) is 0 Å². The van der Waals surface area contributed by atoms with Crippen LogP contribution in [0, 0.1) is 5.92 Å². The Morgan fingerprint density at radius 3 is 2.70 bits per heavy atom. The number of ether oxygens (including phenoxy) is 1. The number of nitrogens with zero attached hydrogens (tertiary/aromatic N) is 1. The van der Waals surface area contributed by atoms with E-state index >= 15 is 0 Å². The maximum Gasteiger partial charge on any atom is 0.321 e. The normalized spacial score (nSPS) is 16.6. The highest BCUT2D eigenvalue weighted by Gasteiger charge is 2.28. The van der Waals surface area contributed by atoms with Crippen LogP contribution in [0.4, 0.5) is 10.5 Å². The summed E-state index contributed by atoms with van der Waals surface area (Å²) in [6.45, 7) is 0.816. The van der Waals surface area contributed by atoms with Crippen molar-refractivity contribution < 1.29 is 19.4 Å². The smallest absolute Gasteiger partial charge is 0.321 e. The summed E-state index contributed by atoms with van der Waals surface area (Å²) in [5.74, 6) is -0.572. The monoisotopic (exact) mass is 368 g/mol. The molecule has 1 aliphatic rings. The van der Waals surface area contributed by atoms with Crippen molar-refractivity contribution in [2.24, 2.45) is 5.92 Å². The van der Waals surface area contributed by atoms with Crippen LogP contribution in [0.25, 0.3) is 0 Å². The third kappa shape index (κ3) is 4.78. The molecule has 1 fully saturated rings. The molecule has 1 unspecified atom stereocenters. The van der Waals surface area contributed by atoms with Gasteiger partial charge in [0.1, 0.15) is 5.75 Å². The van der Waals surface area contributed by atoms with Crippen molar-refractivity contribution in [1.29, 1.82) is 0 Å². The molecule has 2 aromatic rings. The zero-order valence-corrected chi connectivity index (χ0v) is 15.4. The van der Waals surface area contributed by atoms with E-state index in [1.807, 2.05) is 42.5 Å². The third-order valence-electron chi connectivity index (χ3n) is 4.83. The first kappa shape index (κ1) is 18.8. The van der Waals surface area contributed by atoms with Gasteiger partial charge >= 0.3 is 12.0 Å². The standard InChI is InChI=1S/C21H24N2O4/c1-27-19-10-9-18(13-17(19)12-15-6-3-2-4-7-15)22-21(26)23-11-5-8-16(14-23)20(24)25/h2-4,6-7,9-10,13,16H,5,8,11-12,14H2,1H3,(H,22,26)(H,24,25). The van der Waals surface area contributed by atoms with Gasteiger partial charge < -0.3 is 20.1 Å². The van der Waals surface area contributed by atoms with Crippen LogP contribution in [0.15, 0.2) is 48.5 Å². The van der Waals surface area contributed by atoms with E-state index in [1.165, 1.54) is 0 Å². The SMILES string of the molecule is COc1ccc(NC(=O)N2CCCC(C(=O)O)C2)cc1Cc1ccccc1.